The normalized spacial score (nSPS) is 32.8. The third kappa shape index (κ3) is 16.0. The van der Waals surface area contributed by atoms with Crippen LogP contribution in [0.25, 0.3) is 0 Å². The molecule has 8 heterocycles. The van der Waals surface area contributed by atoms with Crippen molar-refractivity contribution in [1.29, 1.82) is 0 Å². The molecule has 10 rings (SSSR count). The highest BCUT2D eigenvalue weighted by molar-refractivity contribution is 6.67. The van der Waals surface area contributed by atoms with Crippen molar-refractivity contribution in [3.8, 4) is 0 Å². The van der Waals surface area contributed by atoms with E-state index in [9.17, 15) is 61.7 Å². The number of aliphatic hydroxyl groups excluding tert-OH is 4. The van der Waals surface area contributed by atoms with Crippen molar-refractivity contribution in [2.24, 2.45) is 11.8 Å². The van der Waals surface area contributed by atoms with Gasteiger partial charge in [0.05, 0.1) is 38.3 Å². The molecule has 6 aliphatic heterocycles. The SMILES string of the molecule is CC[C@H]1O[C@@H](N2C=CC(=O)CC2=O)[C@](C)(F)[C@@H]1C.CC[C@H]1O[C@@H](n2ccc(NC(=O)c3ccccc3)nc2=O)[C@](C)(F)[C@@H]1C.C[C@@]1(F)[C@H](O)[C@@H](CO)O[C@H]1N1C=CC(=O)CC1=O.C[C@@]1(F)[C@H](O)[C@@H](CO)O[C@H]1n1ccc(N)nc1=O.O=C(Cl)c1ccccc1. The van der Waals surface area contributed by atoms with Crippen LogP contribution in [0.5, 0.6) is 0 Å². The Balaban J connectivity index is 0.000000183. The molecule has 4 aromatic rings. The van der Waals surface area contributed by atoms with Crippen LogP contribution in [0, 0.1) is 11.8 Å². The Bertz CT molecular complexity index is 3280. The number of nitrogens with zero attached hydrogens (tertiary/aromatic N) is 6. The summed E-state index contributed by atoms with van der Waals surface area (Å²) >= 11 is 5.16. The number of ketones is 2. The van der Waals surface area contributed by atoms with Crippen molar-refractivity contribution in [2.45, 2.75) is 165 Å². The minimum Gasteiger partial charge on any atom is -0.394 e. The fraction of sp³-hybridized carbons (Fsp3) is 0.500. The lowest BCUT2D eigenvalue weighted by Gasteiger charge is -2.33. The molecule has 6 aliphatic rings. The maximum Gasteiger partial charge on any atom is 0.351 e. The molecule has 89 heavy (non-hydrogen) atoms. The van der Waals surface area contributed by atoms with Crippen LogP contribution in [0.2, 0.25) is 0 Å². The second-order valence-electron chi connectivity index (χ2n) is 22.4. The van der Waals surface area contributed by atoms with Crippen LogP contribution in [0.15, 0.2) is 119 Å². The monoisotopic (exact) mass is 1270 g/mol. The lowest BCUT2D eigenvalue weighted by atomic mass is 9.88. The van der Waals surface area contributed by atoms with E-state index in [2.05, 4.69) is 15.3 Å². The summed E-state index contributed by atoms with van der Waals surface area (Å²) in [6.07, 6.45) is -2.04. The van der Waals surface area contributed by atoms with Crippen LogP contribution in [-0.2, 0) is 38.1 Å². The topological polar surface area (TPSA) is 335 Å². The van der Waals surface area contributed by atoms with Gasteiger partial charge in [-0.2, -0.15) is 9.97 Å². The first-order valence-corrected chi connectivity index (χ1v) is 28.7. The molecular weight excluding hydrogens is 1200 g/mol. The summed E-state index contributed by atoms with van der Waals surface area (Å²) in [6.45, 7) is 11.4. The number of nitrogens with one attached hydrogen (secondary N) is 1. The number of amides is 3. The van der Waals surface area contributed by atoms with Gasteiger partial charge in [-0.3, -0.25) is 47.7 Å². The van der Waals surface area contributed by atoms with E-state index < -0.39 is 114 Å². The Morgan fingerprint density at radius 1 is 0.596 bits per heavy atom. The molecule has 3 amide bonds. The molecule has 0 spiro atoms. The van der Waals surface area contributed by atoms with Gasteiger partial charge in [0.25, 0.3) is 11.1 Å². The lowest BCUT2D eigenvalue weighted by Crippen LogP contribution is -2.51. The number of halogens is 5. The van der Waals surface area contributed by atoms with Crippen LogP contribution in [0.1, 0.15) is 114 Å². The van der Waals surface area contributed by atoms with Gasteiger partial charge in [0, 0.05) is 47.8 Å². The summed E-state index contributed by atoms with van der Waals surface area (Å²) < 4.78 is 82.3. The lowest BCUT2D eigenvalue weighted by molar-refractivity contribution is -0.151. The number of hydrogen-bond donors (Lipinski definition) is 6. The molecule has 16 atom stereocenters. The quantitative estimate of drug-likeness (QED) is 0.0657. The molecule has 24 nitrogen and oxygen atoms in total. The molecule has 0 aliphatic carbocycles. The van der Waals surface area contributed by atoms with Gasteiger partial charge in [-0.25, -0.2) is 27.2 Å². The molecular formula is C60H73ClF4N8O16. The van der Waals surface area contributed by atoms with E-state index in [4.69, 9.17) is 46.5 Å². The molecule has 4 saturated heterocycles. The Labute approximate surface area is 513 Å². The van der Waals surface area contributed by atoms with Crippen LogP contribution in [0.3, 0.4) is 0 Å². The maximum absolute atomic E-state index is 15.1. The number of aromatic nitrogens is 4. The van der Waals surface area contributed by atoms with Crippen LogP contribution >= 0.6 is 11.6 Å². The summed E-state index contributed by atoms with van der Waals surface area (Å²) in [4.78, 5) is 102. The number of allylic oxidation sites excluding steroid dienone is 2. The number of hydrogen-bond acceptors (Lipinski definition) is 19. The van der Waals surface area contributed by atoms with Gasteiger partial charge in [0.1, 0.15) is 36.1 Å². The van der Waals surface area contributed by atoms with Crippen molar-refractivity contribution >= 4 is 57.8 Å². The van der Waals surface area contributed by atoms with E-state index in [0.29, 0.717) is 24.0 Å². The Morgan fingerprint density at radius 3 is 1.37 bits per heavy atom. The fourth-order valence-electron chi connectivity index (χ4n) is 10.4. The first-order chi connectivity index (χ1) is 41.8. The number of carbonyl (C=O) groups is 6. The van der Waals surface area contributed by atoms with Crippen molar-refractivity contribution in [2.75, 3.05) is 24.3 Å². The van der Waals surface area contributed by atoms with E-state index >= 15 is 4.39 Å². The third-order valence-electron chi connectivity index (χ3n) is 16.1. The van der Waals surface area contributed by atoms with E-state index in [1.54, 1.807) is 68.4 Å². The smallest absolute Gasteiger partial charge is 0.351 e. The van der Waals surface area contributed by atoms with Crippen molar-refractivity contribution in [3.05, 3.63) is 142 Å². The minimum absolute atomic E-state index is 0.00839. The molecule has 2 aromatic carbocycles. The van der Waals surface area contributed by atoms with E-state index in [0.717, 1.165) is 40.2 Å². The zero-order valence-corrected chi connectivity index (χ0v) is 50.7. The average molecular weight is 1270 g/mol. The highest BCUT2D eigenvalue weighted by Gasteiger charge is 2.58. The van der Waals surface area contributed by atoms with E-state index in [-0.39, 0.29) is 66.0 Å². The van der Waals surface area contributed by atoms with E-state index in [1.165, 1.54) is 55.5 Å². The Morgan fingerprint density at radius 2 is 0.978 bits per heavy atom. The molecule has 2 aromatic heterocycles. The van der Waals surface area contributed by atoms with Gasteiger partial charge in [-0.05, 0) is 88.6 Å². The second kappa shape index (κ2) is 29.5. The van der Waals surface area contributed by atoms with Crippen molar-refractivity contribution in [3.63, 3.8) is 0 Å². The molecule has 0 saturated carbocycles. The zero-order chi connectivity index (χ0) is 66.1. The summed E-state index contributed by atoms with van der Waals surface area (Å²) in [6, 6.07) is 20.1. The molecule has 7 N–H and O–H groups in total. The molecule has 0 unspecified atom stereocenters. The number of nitrogens with two attached hydrogens (primary N) is 1. The Hall–Kier alpha value is -7.41. The summed E-state index contributed by atoms with van der Waals surface area (Å²) in [5.74, 6) is -2.50. The summed E-state index contributed by atoms with van der Waals surface area (Å²) in [5.41, 5.74) is -2.87. The van der Waals surface area contributed by atoms with Gasteiger partial charge >= 0.3 is 11.4 Å². The predicted molar refractivity (Wildman–Crippen MR) is 312 cm³/mol. The predicted octanol–water partition coefficient (Wildman–Crippen LogP) is 4.95. The Kier molecular flexibility index (Phi) is 23.4. The number of rotatable bonds is 11. The first kappa shape index (κ1) is 70.7. The number of aliphatic hydroxyl groups is 4. The van der Waals surface area contributed by atoms with Gasteiger partial charge in [0.2, 0.25) is 11.8 Å². The second-order valence-corrected chi connectivity index (χ2v) is 22.7. The average Bonchev–Trinajstić information content (AvgIpc) is 2.60. The first-order valence-electron chi connectivity index (χ1n) is 28.3. The van der Waals surface area contributed by atoms with Gasteiger partial charge in [-0.15, -0.1) is 0 Å². The fourth-order valence-corrected chi connectivity index (χ4v) is 10.6. The van der Waals surface area contributed by atoms with Crippen LogP contribution in [-0.4, -0.2) is 169 Å². The third-order valence-corrected chi connectivity index (χ3v) is 16.3. The number of alkyl halides is 4. The number of anilines is 2. The highest BCUT2D eigenvalue weighted by atomic mass is 35.5. The van der Waals surface area contributed by atoms with Crippen molar-refractivity contribution < 1.29 is 85.7 Å². The number of ether oxygens (including phenoxy) is 4. The maximum atomic E-state index is 15.1. The van der Waals surface area contributed by atoms with Crippen LogP contribution < -0.4 is 22.4 Å². The summed E-state index contributed by atoms with van der Waals surface area (Å²) in [7, 11) is 0. The number of carbonyl (C=O) groups excluding carboxylic acids is 6. The molecule has 4 fully saturated rings. The highest BCUT2D eigenvalue weighted by Crippen LogP contribution is 2.46. The van der Waals surface area contributed by atoms with Crippen LogP contribution in [0.4, 0.5) is 29.2 Å². The largest absolute Gasteiger partial charge is 0.394 e. The molecule has 29 heteroatoms. The number of benzene rings is 2. The molecule has 0 radical (unpaired) electrons. The minimum atomic E-state index is -2.21. The number of nitrogen functional groups attached to an aromatic ring is 1. The molecule has 484 valence electrons. The van der Waals surface area contributed by atoms with Gasteiger partial charge in [0.15, 0.2) is 59.2 Å². The van der Waals surface area contributed by atoms with Gasteiger partial charge in [-0.1, -0.05) is 76.2 Å². The standard InChI is InChI=1S/C19H22FN3O3.C13H18FNO3.C11H14FNO5.C10H14FN3O4.C7H5ClO/c1-4-14-12(2)19(3,20)17(26-14)23-11-10-15(22-18(23)25)21-16(24)13-8-6-5-7-9-13;1-4-10-8(2)13(3,14)12(18-10)15-6-5-9(16)7-11(15)17;1-11(12)9(17)7(5-14)18-10(11)13-3-2-6(15)4-8(13)16;1-10(11)7(16)5(4-15)18-8(10)14-3-2-6(12)13-9(14)17;8-7(9)6-4-2-1-3-5-6/h5-12,14,17H,4H2,1-3H3,(H,21,22,24,25);5-6,8,10,12H,4,7H2,1-3H3;2-3,7,9-10,14,17H,4-5H2,1H3;2-3,5,7-8,15-16H,4H2,1H3,(H2,12,13,17);1-5H/t12-,14-,17-,19-;8-,10-,12-,13-;7-,9-,10-,11-;5-,7-,8-,10-;/m1111./s1. The van der Waals surface area contributed by atoms with E-state index in [1.807, 2.05) is 19.9 Å². The van der Waals surface area contributed by atoms with Gasteiger partial charge < -0.3 is 50.4 Å². The zero-order valence-electron chi connectivity index (χ0n) is 49.9. The molecule has 0 bridgehead atoms. The van der Waals surface area contributed by atoms with Crippen molar-refractivity contribution in [1.82, 2.24) is 28.9 Å². The summed E-state index contributed by atoms with van der Waals surface area (Å²) in [5, 5.41) is 39.4.